The summed E-state index contributed by atoms with van der Waals surface area (Å²) < 4.78 is 5.40. The number of rotatable bonds is 5. The number of pyridine rings is 2. The zero-order valence-electron chi connectivity index (χ0n) is 16.2. The molecule has 3 aromatic rings. The van der Waals surface area contributed by atoms with Crippen LogP contribution in [0, 0.1) is 24.2 Å². The smallest absolute Gasteiger partial charge is 0.259 e. The fraction of sp³-hybridized carbons (Fsp3) is 0.300. The minimum Gasteiger partial charge on any atom is -0.494 e. The zero-order valence-corrected chi connectivity index (χ0v) is 17.8. The molecule has 10 heteroatoms. The van der Waals surface area contributed by atoms with E-state index in [-0.39, 0.29) is 22.9 Å². The number of carbonyl (C=O) groups is 1. The van der Waals surface area contributed by atoms with Crippen LogP contribution >= 0.6 is 22.9 Å². The maximum atomic E-state index is 13.0. The molecular formula is C20H17ClN6O2S. The van der Waals surface area contributed by atoms with E-state index >= 15 is 0 Å². The van der Waals surface area contributed by atoms with Crippen molar-refractivity contribution >= 4 is 34.0 Å². The second kappa shape index (κ2) is 8.34. The molecule has 0 radical (unpaired) electrons. The van der Waals surface area contributed by atoms with E-state index in [0.717, 1.165) is 23.5 Å². The van der Waals surface area contributed by atoms with Gasteiger partial charge in [0.15, 0.2) is 0 Å². The molecule has 30 heavy (non-hydrogen) atoms. The van der Waals surface area contributed by atoms with Crippen LogP contribution in [0.15, 0.2) is 24.5 Å². The molecule has 1 amide bonds. The lowest BCUT2D eigenvalue weighted by Gasteiger charge is -2.27. The summed E-state index contributed by atoms with van der Waals surface area (Å²) >= 11 is 7.41. The average Bonchev–Trinajstić information content (AvgIpc) is 3.14. The molecule has 1 aliphatic rings. The third-order valence-electron chi connectivity index (χ3n) is 4.96. The molecule has 3 aromatic heterocycles. The van der Waals surface area contributed by atoms with Crippen LogP contribution in [0.1, 0.15) is 39.8 Å². The van der Waals surface area contributed by atoms with E-state index in [4.69, 9.17) is 21.6 Å². The third kappa shape index (κ3) is 3.97. The third-order valence-corrected chi connectivity index (χ3v) is 6.17. The molecule has 0 saturated heterocycles. The fourth-order valence-electron chi connectivity index (χ4n) is 3.29. The molecule has 8 nitrogen and oxygen atoms in total. The summed E-state index contributed by atoms with van der Waals surface area (Å²) in [6.45, 7) is 1.84. The van der Waals surface area contributed by atoms with E-state index in [1.807, 2.05) is 6.92 Å². The number of aryl methyl sites for hydroxylation is 1. The first kappa shape index (κ1) is 20.2. The van der Waals surface area contributed by atoms with Gasteiger partial charge in [-0.15, -0.1) is 10.2 Å². The Morgan fingerprint density at radius 3 is 2.80 bits per heavy atom. The van der Waals surface area contributed by atoms with Gasteiger partial charge in [0.05, 0.1) is 24.9 Å². The number of ether oxygens (including phenoxy) is 1. The average molecular weight is 441 g/mol. The lowest BCUT2D eigenvalue weighted by molar-refractivity contribution is 0.102. The van der Waals surface area contributed by atoms with Gasteiger partial charge >= 0.3 is 0 Å². The van der Waals surface area contributed by atoms with E-state index in [9.17, 15) is 4.79 Å². The molecule has 0 bridgehead atoms. The SMILES string of the molecule is COc1cnc(Cl)cc1-c1cc(C)ncc1C(=O)Nc1nnc(C2CC(C#N)C2)s1. The lowest BCUT2D eigenvalue weighted by Crippen LogP contribution is -2.19. The van der Waals surface area contributed by atoms with Crippen molar-refractivity contribution in [3.63, 3.8) is 0 Å². The fourth-order valence-corrected chi connectivity index (χ4v) is 4.32. The number of anilines is 1. The van der Waals surface area contributed by atoms with Crippen molar-refractivity contribution in [3.05, 3.63) is 45.9 Å². The monoisotopic (exact) mass is 440 g/mol. The molecule has 1 saturated carbocycles. The predicted octanol–water partition coefficient (Wildman–Crippen LogP) is 4.24. The first-order valence-corrected chi connectivity index (χ1v) is 10.4. The molecule has 0 atom stereocenters. The largest absolute Gasteiger partial charge is 0.494 e. The van der Waals surface area contributed by atoms with Gasteiger partial charge in [0.2, 0.25) is 5.13 Å². The van der Waals surface area contributed by atoms with Gasteiger partial charge in [-0.3, -0.25) is 15.1 Å². The van der Waals surface area contributed by atoms with Gasteiger partial charge in [-0.25, -0.2) is 4.98 Å². The van der Waals surface area contributed by atoms with Crippen molar-refractivity contribution in [1.82, 2.24) is 20.2 Å². The normalized spacial score (nSPS) is 17.7. The van der Waals surface area contributed by atoms with Crippen LogP contribution in [0.25, 0.3) is 11.1 Å². The molecule has 4 rings (SSSR count). The Morgan fingerprint density at radius 2 is 2.07 bits per heavy atom. The van der Waals surface area contributed by atoms with E-state index in [1.165, 1.54) is 30.8 Å². The van der Waals surface area contributed by atoms with Gasteiger partial charge < -0.3 is 4.74 Å². The summed E-state index contributed by atoms with van der Waals surface area (Å²) in [4.78, 5) is 21.3. The van der Waals surface area contributed by atoms with Crippen LogP contribution in [0.4, 0.5) is 5.13 Å². The molecule has 1 fully saturated rings. The number of nitrogens with zero attached hydrogens (tertiary/aromatic N) is 5. The summed E-state index contributed by atoms with van der Waals surface area (Å²) in [7, 11) is 1.53. The van der Waals surface area contributed by atoms with Crippen molar-refractivity contribution < 1.29 is 9.53 Å². The number of halogens is 1. The van der Waals surface area contributed by atoms with Crippen LogP contribution in [0.5, 0.6) is 5.75 Å². The molecule has 0 unspecified atom stereocenters. The highest BCUT2D eigenvalue weighted by Gasteiger charge is 2.33. The molecule has 1 N–H and O–H groups in total. The Balaban J connectivity index is 1.61. The van der Waals surface area contributed by atoms with Crippen LogP contribution in [0.3, 0.4) is 0 Å². The number of nitrogens with one attached hydrogen (secondary N) is 1. The number of aromatic nitrogens is 4. The number of hydrogen-bond donors (Lipinski definition) is 1. The maximum Gasteiger partial charge on any atom is 0.259 e. The van der Waals surface area contributed by atoms with Gasteiger partial charge in [0.25, 0.3) is 5.91 Å². The predicted molar refractivity (Wildman–Crippen MR) is 113 cm³/mol. The summed E-state index contributed by atoms with van der Waals surface area (Å²) in [6.07, 6.45) is 4.60. The highest BCUT2D eigenvalue weighted by Crippen LogP contribution is 2.42. The second-order valence-electron chi connectivity index (χ2n) is 6.97. The van der Waals surface area contributed by atoms with Gasteiger partial charge in [0, 0.05) is 34.9 Å². The quantitative estimate of drug-likeness (QED) is 0.590. The van der Waals surface area contributed by atoms with Crippen molar-refractivity contribution in [3.8, 4) is 22.9 Å². The molecule has 0 aliphatic heterocycles. The Bertz CT molecular complexity index is 1150. The van der Waals surface area contributed by atoms with E-state index in [1.54, 1.807) is 12.1 Å². The van der Waals surface area contributed by atoms with Gasteiger partial charge in [-0.05, 0) is 31.9 Å². The standard InChI is InChI=1S/C20H17ClN6O2S/c1-10-3-13(14-6-17(21)24-9-16(14)29-2)15(8-23-10)18(28)25-20-27-26-19(30-20)12-4-11(5-12)7-22/h3,6,8-9,11-12H,4-5H2,1-2H3,(H,25,27,28). The molecule has 0 spiro atoms. The van der Waals surface area contributed by atoms with Gasteiger partial charge in [-0.2, -0.15) is 5.26 Å². The van der Waals surface area contributed by atoms with Crippen LogP contribution < -0.4 is 10.1 Å². The maximum absolute atomic E-state index is 13.0. The topological polar surface area (TPSA) is 114 Å². The van der Waals surface area contributed by atoms with Crippen molar-refractivity contribution in [1.29, 1.82) is 5.26 Å². The van der Waals surface area contributed by atoms with E-state index in [2.05, 4.69) is 31.6 Å². The van der Waals surface area contributed by atoms with E-state index < -0.39 is 0 Å². The van der Waals surface area contributed by atoms with Crippen LogP contribution in [-0.2, 0) is 0 Å². The van der Waals surface area contributed by atoms with Crippen molar-refractivity contribution in [2.45, 2.75) is 25.7 Å². The van der Waals surface area contributed by atoms with Gasteiger partial charge in [0.1, 0.15) is 15.9 Å². The highest BCUT2D eigenvalue weighted by molar-refractivity contribution is 7.15. The number of nitriles is 1. The van der Waals surface area contributed by atoms with Gasteiger partial charge in [-0.1, -0.05) is 22.9 Å². The lowest BCUT2D eigenvalue weighted by atomic mass is 9.76. The summed E-state index contributed by atoms with van der Waals surface area (Å²) in [6, 6.07) is 5.70. The Morgan fingerprint density at radius 1 is 1.27 bits per heavy atom. The van der Waals surface area contributed by atoms with Crippen LogP contribution in [-0.4, -0.2) is 33.2 Å². The minimum absolute atomic E-state index is 0.0836. The minimum atomic E-state index is -0.362. The first-order valence-electron chi connectivity index (χ1n) is 9.19. The second-order valence-corrected chi connectivity index (χ2v) is 8.37. The van der Waals surface area contributed by atoms with Crippen molar-refractivity contribution in [2.75, 3.05) is 12.4 Å². The zero-order chi connectivity index (χ0) is 21.3. The number of methoxy groups -OCH3 is 1. The number of amides is 1. The number of hydrogen-bond acceptors (Lipinski definition) is 8. The first-order chi connectivity index (χ1) is 14.5. The highest BCUT2D eigenvalue weighted by atomic mass is 35.5. The van der Waals surface area contributed by atoms with Crippen molar-refractivity contribution in [2.24, 2.45) is 5.92 Å². The number of carbonyl (C=O) groups excluding carboxylic acids is 1. The Kier molecular flexibility index (Phi) is 5.61. The summed E-state index contributed by atoms with van der Waals surface area (Å²) in [5, 5.41) is 21.5. The summed E-state index contributed by atoms with van der Waals surface area (Å²) in [5.41, 5.74) is 2.36. The summed E-state index contributed by atoms with van der Waals surface area (Å²) in [5.74, 6) is 0.450. The molecule has 1 aliphatic carbocycles. The molecule has 3 heterocycles. The van der Waals surface area contributed by atoms with Crippen LogP contribution in [0.2, 0.25) is 5.15 Å². The Hall–Kier alpha value is -3.09. The molecular weight excluding hydrogens is 424 g/mol. The molecule has 0 aromatic carbocycles. The Labute approximate surface area is 181 Å². The van der Waals surface area contributed by atoms with E-state index in [0.29, 0.717) is 27.6 Å². The molecule has 152 valence electrons.